The van der Waals surface area contributed by atoms with Gasteiger partial charge in [0.2, 0.25) is 5.95 Å². The number of nitrogens with zero attached hydrogens (tertiary/aromatic N) is 8. The minimum absolute atomic E-state index is 0.624. The first-order chi connectivity index (χ1) is 34.2. The van der Waals surface area contributed by atoms with Crippen LogP contribution < -0.4 is 0 Å². The van der Waals surface area contributed by atoms with Crippen LogP contribution in [0.5, 0.6) is 0 Å². The summed E-state index contributed by atoms with van der Waals surface area (Å²) in [5, 5.41) is 4.60. The molecule has 7 aromatic heterocycles. The Morgan fingerprint density at radius 1 is 0.290 bits per heavy atom. The molecule has 0 radical (unpaired) electrons. The van der Waals surface area contributed by atoms with Crippen LogP contribution in [0.4, 0.5) is 0 Å². The van der Waals surface area contributed by atoms with E-state index in [2.05, 4.69) is 202 Å². The van der Waals surface area contributed by atoms with Crippen molar-refractivity contribution in [2.45, 2.75) is 0 Å². The highest BCUT2D eigenvalue weighted by molar-refractivity contribution is 6.12. The van der Waals surface area contributed by atoms with Crippen LogP contribution >= 0.6 is 0 Å². The smallest absolute Gasteiger partial charge is 0.235 e. The summed E-state index contributed by atoms with van der Waals surface area (Å²) in [7, 11) is 0. The fourth-order valence-electron chi connectivity index (χ4n) is 10.2. The predicted molar refractivity (Wildman–Crippen MR) is 280 cm³/mol. The summed E-state index contributed by atoms with van der Waals surface area (Å²) in [5.74, 6) is 0.624. The molecule has 7 aromatic carbocycles. The molecule has 322 valence electrons. The van der Waals surface area contributed by atoms with Crippen LogP contribution in [0.3, 0.4) is 0 Å². The molecule has 8 nitrogen and oxygen atoms in total. The summed E-state index contributed by atoms with van der Waals surface area (Å²) < 4.78 is 6.77. The van der Waals surface area contributed by atoms with Crippen LogP contribution in [0.2, 0.25) is 0 Å². The molecule has 0 atom stereocenters. The molecule has 0 amide bonds. The minimum Gasteiger partial charge on any atom is -0.308 e. The van der Waals surface area contributed by atoms with E-state index in [9.17, 15) is 0 Å². The lowest BCUT2D eigenvalue weighted by molar-refractivity contribution is 0.996. The van der Waals surface area contributed by atoms with Crippen molar-refractivity contribution < 1.29 is 0 Å². The molecule has 0 saturated heterocycles. The first kappa shape index (κ1) is 38.7. The highest BCUT2D eigenvalue weighted by atomic mass is 15.2. The standard InChI is InChI=1S/C61H38N8/c1-4-15-39(16-5-1)51-36-52(40-17-6-2-7-18-40)66-61(65-51)69-54-24-13-10-21-46(54)48-28-26-42(35-58(48)69)41-27-30-55-49(34-41)47-22-11-12-23-53(47)68(55)45-33-43(37-62-38-45)50-29-31-57-60(64-50)59-56(25-14-32-63-59)67(57)44-19-8-3-9-20-44/h1-38H. The Kier molecular flexibility index (Phi) is 8.72. The number of benzene rings is 7. The topological polar surface area (TPSA) is 79.2 Å². The van der Waals surface area contributed by atoms with Gasteiger partial charge in [-0.2, -0.15) is 0 Å². The summed E-state index contributed by atoms with van der Waals surface area (Å²) in [6, 6.07) is 74.4. The molecule has 0 unspecified atom stereocenters. The maximum absolute atomic E-state index is 5.28. The molecule has 69 heavy (non-hydrogen) atoms. The van der Waals surface area contributed by atoms with E-state index in [1.54, 1.807) is 0 Å². The molecular formula is C61H38N8. The maximum Gasteiger partial charge on any atom is 0.235 e. The van der Waals surface area contributed by atoms with E-state index in [1.807, 2.05) is 42.9 Å². The number of hydrogen-bond donors (Lipinski definition) is 0. The molecule has 0 fully saturated rings. The zero-order valence-electron chi connectivity index (χ0n) is 37.0. The summed E-state index contributed by atoms with van der Waals surface area (Å²) in [6.45, 7) is 0. The lowest BCUT2D eigenvalue weighted by Gasteiger charge is -2.12. The molecule has 8 heteroatoms. The van der Waals surface area contributed by atoms with Gasteiger partial charge in [-0.1, -0.05) is 133 Å². The zero-order valence-corrected chi connectivity index (χ0v) is 37.0. The molecular weight excluding hydrogens is 845 g/mol. The van der Waals surface area contributed by atoms with Crippen molar-refractivity contribution in [1.82, 2.24) is 38.6 Å². The minimum atomic E-state index is 0.624. The molecule has 0 spiro atoms. The number of para-hydroxylation sites is 3. The Hall–Kier alpha value is -9.53. The second-order valence-corrected chi connectivity index (χ2v) is 17.4. The monoisotopic (exact) mass is 882 g/mol. The Labute approximate surface area is 395 Å². The first-order valence-corrected chi connectivity index (χ1v) is 23.1. The second kappa shape index (κ2) is 15.5. The molecule has 14 rings (SSSR count). The number of hydrogen-bond acceptors (Lipinski definition) is 5. The average molecular weight is 883 g/mol. The number of pyridine rings is 3. The van der Waals surface area contributed by atoms with Gasteiger partial charge >= 0.3 is 0 Å². The van der Waals surface area contributed by atoms with Gasteiger partial charge in [-0.3, -0.25) is 14.5 Å². The van der Waals surface area contributed by atoms with Crippen molar-refractivity contribution in [3.8, 4) is 62.2 Å². The van der Waals surface area contributed by atoms with E-state index in [-0.39, 0.29) is 0 Å². The van der Waals surface area contributed by atoms with Gasteiger partial charge in [0.25, 0.3) is 0 Å². The molecule has 7 heterocycles. The third-order valence-corrected chi connectivity index (χ3v) is 13.4. The van der Waals surface area contributed by atoms with Gasteiger partial charge in [0.1, 0.15) is 11.0 Å². The van der Waals surface area contributed by atoms with Crippen molar-refractivity contribution in [3.63, 3.8) is 0 Å². The van der Waals surface area contributed by atoms with E-state index >= 15 is 0 Å². The maximum atomic E-state index is 5.28. The Morgan fingerprint density at radius 2 is 0.855 bits per heavy atom. The van der Waals surface area contributed by atoms with Crippen LogP contribution in [-0.2, 0) is 0 Å². The van der Waals surface area contributed by atoms with Crippen molar-refractivity contribution >= 4 is 65.7 Å². The van der Waals surface area contributed by atoms with Crippen LogP contribution in [-0.4, -0.2) is 38.6 Å². The van der Waals surface area contributed by atoms with Gasteiger partial charge in [-0.15, -0.1) is 0 Å². The second-order valence-electron chi connectivity index (χ2n) is 17.4. The zero-order chi connectivity index (χ0) is 45.4. The van der Waals surface area contributed by atoms with E-state index in [0.29, 0.717) is 5.95 Å². The van der Waals surface area contributed by atoms with Crippen molar-refractivity contribution in [2.24, 2.45) is 0 Å². The SMILES string of the molecule is c1ccc(-c2cc(-c3ccccc3)nc(-n3c4ccccc4c4ccc(-c5ccc6c(c5)c5ccccc5n6-c5cncc(-c6ccc7c(n6)c6ncccc6n7-c6ccccc6)c5)cc43)n2)cc1. The summed E-state index contributed by atoms with van der Waals surface area (Å²) in [4.78, 5) is 25.5. The van der Waals surface area contributed by atoms with E-state index in [0.717, 1.165) is 122 Å². The third kappa shape index (κ3) is 6.27. The van der Waals surface area contributed by atoms with Gasteiger partial charge in [0, 0.05) is 56.3 Å². The van der Waals surface area contributed by atoms with E-state index < -0.39 is 0 Å². The Bertz CT molecular complexity index is 4250. The molecule has 0 aliphatic rings. The lowest BCUT2D eigenvalue weighted by Crippen LogP contribution is -2.04. The van der Waals surface area contributed by atoms with Gasteiger partial charge in [0.05, 0.1) is 62.1 Å². The average Bonchev–Trinajstić information content (AvgIpc) is 4.06. The van der Waals surface area contributed by atoms with Gasteiger partial charge < -0.3 is 9.13 Å². The molecule has 14 aromatic rings. The van der Waals surface area contributed by atoms with Crippen LogP contribution in [0.1, 0.15) is 0 Å². The largest absolute Gasteiger partial charge is 0.308 e. The number of rotatable bonds is 7. The highest BCUT2D eigenvalue weighted by Crippen LogP contribution is 2.39. The fourth-order valence-corrected chi connectivity index (χ4v) is 10.2. The summed E-state index contributed by atoms with van der Waals surface area (Å²) in [5.41, 5.74) is 17.8. The Morgan fingerprint density at radius 3 is 1.61 bits per heavy atom. The highest BCUT2D eigenvalue weighted by Gasteiger charge is 2.20. The molecule has 0 saturated carbocycles. The van der Waals surface area contributed by atoms with Gasteiger partial charge in [-0.05, 0) is 90.0 Å². The summed E-state index contributed by atoms with van der Waals surface area (Å²) in [6.07, 6.45) is 5.67. The number of aromatic nitrogens is 8. The predicted octanol–water partition coefficient (Wildman–Crippen LogP) is 14.6. The molecule has 0 N–H and O–H groups in total. The lowest BCUT2D eigenvalue weighted by atomic mass is 10.0. The molecule has 0 bridgehead atoms. The van der Waals surface area contributed by atoms with Crippen LogP contribution in [0, 0.1) is 0 Å². The van der Waals surface area contributed by atoms with Crippen LogP contribution in [0.25, 0.3) is 128 Å². The van der Waals surface area contributed by atoms with Gasteiger partial charge in [0.15, 0.2) is 0 Å². The molecule has 0 aliphatic heterocycles. The van der Waals surface area contributed by atoms with Crippen molar-refractivity contribution in [2.75, 3.05) is 0 Å². The Balaban J connectivity index is 0.900. The van der Waals surface area contributed by atoms with Crippen LogP contribution in [0.15, 0.2) is 231 Å². The summed E-state index contributed by atoms with van der Waals surface area (Å²) >= 11 is 0. The van der Waals surface area contributed by atoms with E-state index in [1.165, 1.54) is 0 Å². The quantitative estimate of drug-likeness (QED) is 0.159. The normalized spacial score (nSPS) is 11.8. The fraction of sp³-hybridized carbons (Fsp3) is 0. The first-order valence-electron chi connectivity index (χ1n) is 23.1. The van der Waals surface area contributed by atoms with Gasteiger partial charge in [-0.25, -0.2) is 15.0 Å². The van der Waals surface area contributed by atoms with Crippen molar-refractivity contribution in [1.29, 1.82) is 0 Å². The number of fused-ring (bicyclic) bond motifs is 9. The van der Waals surface area contributed by atoms with Crippen molar-refractivity contribution in [3.05, 3.63) is 231 Å². The third-order valence-electron chi connectivity index (χ3n) is 13.4. The van der Waals surface area contributed by atoms with E-state index in [4.69, 9.17) is 24.9 Å². The molecule has 0 aliphatic carbocycles.